The van der Waals surface area contributed by atoms with Gasteiger partial charge in [-0.3, -0.25) is 4.79 Å². The van der Waals surface area contributed by atoms with E-state index in [0.717, 1.165) is 0 Å². The first kappa shape index (κ1) is 8.56. The van der Waals surface area contributed by atoms with E-state index >= 15 is 0 Å². The van der Waals surface area contributed by atoms with Gasteiger partial charge >= 0.3 is 0 Å². The Kier molecular flexibility index (Phi) is 2.52. The summed E-state index contributed by atoms with van der Waals surface area (Å²) in [7, 11) is 2.90. The molecule has 0 aromatic rings. The number of halogens is 1. The van der Waals surface area contributed by atoms with Gasteiger partial charge < -0.3 is 9.47 Å². The quantitative estimate of drug-likeness (QED) is 0.632. The van der Waals surface area contributed by atoms with Gasteiger partial charge in [0.15, 0.2) is 5.76 Å². The van der Waals surface area contributed by atoms with Crippen molar-refractivity contribution in [2.24, 2.45) is 0 Å². The van der Waals surface area contributed by atoms with Crippen molar-refractivity contribution in [3.63, 3.8) is 0 Å². The molecular weight excluding hydrogens is 168 g/mol. The van der Waals surface area contributed by atoms with Gasteiger partial charge in [0.25, 0.3) is 0 Å². The van der Waals surface area contributed by atoms with Crippen LogP contribution in [0.2, 0.25) is 0 Å². The summed E-state index contributed by atoms with van der Waals surface area (Å²) in [6.45, 7) is 0. The van der Waals surface area contributed by atoms with Gasteiger partial charge in [-0.2, -0.15) is 0 Å². The first-order valence-corrected chi connectivity index (χ1v) is 3.58. The SMILES string of the molecule is COC1=C(Cl)CC(OC)C1=O. The third kappa shape index (κ3) is 1.39. The molecule has 0 amide bonds. The highest BCUT2D eigenvalue weighted by Crippen LogP contribution is 2.28. The van der Waals surface area contributed by atoms with Gasteiger partial charge in [0.2, 0.25) is 5.78 Å². The molecule has 0 radical (unpaired) electrons. The van der Waals surface area contributed by atoms with Crippen LogP contribution in [-0.4, -0.2) is 26.1 Å². The van der Waals surface area contributed by atoms with Crippen LogP contribution in [0, 0.1) is 0 Å². The summed E-state index contributed by atoms with van der Waals surface area (Å²) in [6.07, 6.45) is -0.0162. The molecule has 1 aliphatic carbocycles. The largest absolute Gasteiger partial charge is 0.492 e. The highest BCUT2D eigenvalue weighted by molar-refractivity contribution is 6.33. The van der Waals surface area contributed by atoms with E-state index in [-0.39, 0.29) is 11.5 Å². The number of ketones is 1. The van der Waals surface area contributed by atoms with Crippen LogP contribution < -0.4 is 0 Å². The van der Waals surface area contributed by atoms with Gasteiger partial charge in [0, 0.05) is 13.5 Å². The zero-order valence-electron chi connectivity index (χ0n) is 6.39. The highest BCUT2D eigenvalue weighted by atomic mass is 35.5. The fraction of sp³-hybridized carbons (Fsp3) is 0.571. The Morgan fingerprint density at radius 1 is 1.55 bits per heavy atom. The standard InChI is InChI=1S/C7H9ClO3/c1-10-5-3-4(8)7(11-2)6(5)9/h5H,3H2,1-2H3. The smallest absolute Gasteiger partial charge is 0.227 e. The Morgan fingerprint density at radius 3 is 2.45 bits per heavy atom. The molecule has 1 unspecified atom stereocenters. The average Bonchev–Trinajstić information content (AvgIpc) is 2.26. The molecule has 0 aromatic carbocycles. The predicted molar refractivity (Wildman–Crippen MR) is 40.3 cm³/mol. The highest BCUT2D eigenvalue weighted by Gasteiger charge is 2.33. The van der Waals surface area contributed by atoms with E-state index in [1.807, 2.05) is 0 Å². The molecule has 0 heterocycles. The number of ether oxygens (including phenoxy) is 2. The van der Waals surface area contributed by atoms with Gasteiger partial charge in [-0.1, -0.05) is 11.6 Å². The monoisotopic (exact) mass is 176 g/mol. The average molecular weight is 177 g/mol. The summed E-state index contributed by atoms with van der Waals surface area (Å²) < 4.78 is 9.66. The maximum absolute atomic E-state index is 11.2. The van der Waals surface area contributed by atoms with Crippen molar-refractivity contribution in [1.29, 1.82) is 0 Å². The second-order valence-electron chi connectivity index (χ2n) is 2.23. The molecule has 3 nitrogen and oxygen atoms in total. The molecule has 62 valence electrons. The van der Waals surface area contributed by atoms with E-state index in [0.29, 0.717) is 11.5 Å². The molecule has 1 aliphatic rings. The van der Waals surface area contributed by atoms with Crippen molar-refractivity contribution in [2.45, 2.75) is 12.5 Å². The lowest BCUT2D eigenvalue weighted by atomic mass is 10.3. The van der Waals surface area contributed by atoms with Crippen LogP contribution in [0.4, 0.5) is 0 Å². The van der Waals surface area contributed by atoms with Gasteiger partial charge in [0.1, 0.15) is 6.10 Å². The molecule has 4 heteroatoms. The minimum atomic E-state index is -0.447. The van der Waals surface area contributed by atoms with Crippen LogP contribution in [0.3, 0.4) is 0 Å². The Morgan fingerprint density at radius 2 is 2.18 bits per heavy atom. The molecule has 0 bridgehead atoms. The lowest BCUT2D eigenvalue weighted by molar-refractivity contribution is -0.126. The van der Waals surface area contributed by atoms with Crippen molar-refractivity contribution in [2.75, 3.05) is 14.2 Å². The minimum Gasteiger partial charge on any atom is -0.492 e. The molecule has 11 heavy (non-hydrogen) atoms. The summed E-state index contributed by atoms with van der Waals surface area (Å²) in [5, 5.41) is 0.448. The Hall–Kier alpha value is -0.540. The molecule has 0 aliphatic heterocycles. The van der Waals surface area contributed by atoms with Crippen LogP contribution in [0.15, 0.2) is 10.8 Å². The zero-order chi connectivity index (χ0) is 8.43. The first-order valence-electron chi connectivity index (χ1n) is 3.20. The molecule has 0 aromatic heterocycles. The van der Waals surface area contributed by atoms with Crippen LogP contribution in [0.1, 0.15) is 6.42 Å². The summed E-state index contributed by atoms with van der Waals surface area (Å²) in [6, 6.07) is 0. The van der Waals surface area contributed by atoms with Gasteiger partial charge in [0.05, 0.1) is 12.1 Å². The summed E-state index contributed by atoms with van der Waals surface area (Å²) in [5.41, 5.74) is 0. The number of methoxy groups -OCH3 is 2. The molecule has 0 fully saturated rings. The number of carbonyl (C=O) groups is 1. The lowest BCUT2D eigenvalue weighted by Gasteiger charge is -2.04. The maximum Gasteiger partial charge on any atom is 0.227 e. The van der Waals surface area contributed by atoms with E-state index in [9.17, 15) is 4.79 Å². The van der Waals surface area contributed by atoms with Crippen molar-refractivity contribution in [3.05, 3.63) is 10.8 Å². The molecule has 0 saturated carbocycles. The minimum absolute atomic E-state index is 0.167. The number of hydrogen-bond donors (Lipinski definition) is 0. The molecule has 0 N–H and O–H groups in total. The van der Waals surface area contributed by atoms with Gasteiger partial charge in [-0.05, 0) is 0 Å². The molecule has 0 spiro atoms. The first-order chi connectivity index (χ1) is 5.20. The molecular formula is C7H9ClO3. The molecule has 1 atom stereocenters. The normalized spacial score (nSPS) is 24.6. The molecule has 1 rings (SSSR count). The van der Waals surface area contributed by atoms with Crippen molar-refractivity contribution in [3.8, 4) is 0 Å². The van der Waals surface area contributed by atoms with E-state index in [2.05, 4.69) is 0 Å². The van der Waals surface area contributed by atoms with Crippen molar-refractivity contribution >= 4 is 17.4 Å². The number of Topliss-reactive ketones (excluding diaryl/α,β-unsaturated/α-hetero) is 1. The van der Waals surface area contributed by atoms with E-state index in [1.165, 1.54) is 14.2 Å². The van der Waals surface area contributed by atoms with Crippen LogP contribution >= 0.6 is 11.6 Å². The van der Waals surface area contributed by atoms with E-state index in [1.54, 1.807) is 0 Å². The zero-order valence-corrected chi connectivity index (χ0v) is 7.14. The van der Waals surface area contributed by atoms with Crippen molar-refractivity contribution < 1.29 is 14.3 Å². The van der Waals surface area contributed by atoms with Crippen molar-refractivity contribution in [1.82, 2.24) is 0 Å². The number of carbonyl (C=O) groups excluding carboxylic acids is 1. The van der Waals surface area contributed by atoms with Crippen LogP contribution in [0.25, 0.3) is 0 Å². The second kappa shape index (κ2) is 3.24. The fourth-order valence-corrected chi connectivity index (χ4v) is 1.34. The fourth-order valence-electron chi connectivity index (χ4n) is 1.03. The van der Waals surface area contributed by atoms with E-state index < -0.39 is 6.10 Å². The Balaban J connectivity index is 2.78. The second-order valence-corrected chi connectivity index (χ2v) is 2.69. The van der Waals surface area contributed by atoms with Gasteiger partial charge in [-0.15, -0.1) is 0 Å². The third-order valence-corrected chi connectivity index (χ3v) is 1.94. The summed E-state index contributed by atoms with van der Waals surface area (Å²) in [5.74, 6) is 0.0681. The third-order valence-electron chi connectivity index (χ3n) is 1.62. The van der Waals surface area contributed by atoms with Gasteiger partial charge in [-0.25, -0.2) is 0 Å². The number of rotatable bonds is 2. The van der Waals surface area contributed by atoms with E-state index in [4.69, 9.17) is 21.1 Å². The predicted octanol–water partition coefficient (Wildman–Crippen LogP) is 1.07. The Bertz CT molecular complexity index is 210. The summed E-state index contributed by atoms with van der Waals surface area (Å²) in [4.78, 5) is 11.2. The Labute approximate surface area is 69.9 Å². The summed E-state index contributed by atoms with van der Waals surface area (Å²) >= 11 is 5.70. The lowest BCUT2D eigenvalue weighted by Crippen LogP contribution is -2.18. The topological polar surface area (TPSA) is 35.5 Å². The molecule has 0 saturated heterocycles. The van der Waals surface area contributed by atoms with Crippen LogP contribution in [-0.2, 0) is 14.3 Å². The number of hydrogen-bond acceptors (Lipinski definition) is 3. The van der Waals surface area contributed by atoms with Crippen LogP contribution in [0.5, 0.6) is 0 Å². The maximum atomic E-state index is 11.2.